The number of ether oxygens (including phenoxy) is 1. The predicted molar refractivity (Wildman–Crippen MR) is 102 cm³/mol. The Morgan fingerprint density at radius 1 is 1.19 bits per heavy atom. The number of fused-ring (bicyclic) bond motifs is 1. The SMILES string of the molecule is COc1ccc(S(=O)(=O)NCc2nc3cccnc3n2C2CCCC2)cc1. The van der Waals surface area contributed by atoms with Crippen molar-refractivity contribution in [2.45, 2.75) is 43.2 Å². The summed E-state index contributed by atoms with van der Waals surface area (Å²) in [6.07, 6.45) is 6.24. The average Bonchev–Trinajstić information content (AvgIpc) is 3.33. The van der Waals surface area contributed by atoms with E-state index in [-0.39, 0.29) is 11.4 Å². The standard InChI is InChI=1S/C19H22N4O3S/c1-26-15-8-10-16(11-9-15)27(24,25)21-13-18-22-17-7-4-12-20-19(17)23(18)14-5-2-3-6-14/h4,7-12,14,21H,2-3,5-6,13H2,1H3. The van der Waals surface area contributed by atoms with Crippen LogP contribution in [0, 0.1) is 0 Å². The number of rotatable bonds is 6. The quantitative estimate of drug-likeness (QED) is 0.704. The Labute approximate surface area is 158 Å². The first-order valence-corrected chi connectivity index (χ1v) is 10.5. The van der Waals surface area contributed by atoms with Crippen LogP contribution in [0.25, 0.3) is 11.2 Å². The third-order valence-electron chi connectivity index (χ3n) is 5.00. The van der Waals surface area contributed by atoms with E-state index in [1.807, 2.05) is 12.1 Å². The molecule has 1 saturated carbocycles. The molecule has 3 aromatic rings. The van der Waals surface area contributed by atoms with E-state index in [2.05, 4.69) is 19.3 Å². The second-order valence-electron chi connectivity index (χ2n) is 6.68. The maximum atomic E-state index is 12.6. The Bertz CT molecular complexity index is 1040. The van der Waals surface area contributed by atoms with Crippen LogP contribution in [0.3, 0.4) is 0 Å². The van der Waals surface area contributed by atoms with E-state index in [1.54, 1.807) is 25.4 Å². The van der Waals surface area contributed by atoms with Gasteiger partial charge in [0.05, 0.1) is 18.6 Å². The first-order valence-electron chi connectivity index (χ1n) is 9.04. The molecular weight excluding hydrogens is 364 g/mol. The molecule has 2 aromatic heterocycles. The Kier molecular flexibility index (Phi) is 4.84. The minimum absolute atomic E-state index is 0.126. The van der Waals surface area contributed by atoms with Crippen molar-refractivity contribution in [3.05, 3.63) is 48.4 Å². The van der Waals surface area contributed by atoms with Gasteiger partial charge in [-0.1, -0.05) is 12.8 Å². The van der Waals surface area contributed by atoms with Crippen LogP contribution in [0.1, 0.15) is 37.5 Å². The molecule has 8 heteroatoms. The fourth-order valence-corrected chi connectivity index (χ4v) is 4.63. The summed E-state index contributed by atoms with van der Waals surface area (Å²) >= 11 is 0. The van der Waals surface area contributed by atoms with E-state index < -0.39 is 10.0 Å². The molecule has 0 aliphatic heterocycles. The molecule has 0 atom stereocenters. The summed E-state index contributed by atoms with van der Waals surface area (Å²) in [5.74, 6) is 1.32. The third kappa shape index (κ3) is 3.54. The van der Waals surface area contributed by atoms with Crippen LogP contribution in [0.15, 0.2) is 47.5 Å². The van der Waals surface area contributed by atoms with Gasteiger partial charge in [-0.2, -0.15) is 0 Å². The van der Waals surface area contributed by atoms with Crippen molar-refractivity contribution < 1.29 is 13.2 Å². The third-order valence-corrected chi connectivity index (χ3v) is 6.42. The Morgan fingerprint density at radius 2 is 1.93 bits per heavy atom. The fraction of sp³-hybridized carbons (Fsp3) is 0.368. The number of sulfonamides is 1. The number of aromatic nitrogens is 3. The zero-order valence-corrected chi connectivity index (χ0v) is 15.9. The number of benzene rings is 1. The summed E-state index contributed by atoms with van der Waals surface area (Å²) in [5, 5.41) is 0. The van der Waals surface area contributed by atoms with Crippen LogP contribution in [-0.4, -0.2) is 30.1 Å². The lowest BCUT2D eigenvalue weighted by atomic mass is 10.2. The molecule has 1 fully saturated rings. The van der Waals surface area contributed by atoms with Crippen LogP contribution in [0.4, 0.5) is 0 Å². The van der Waals surface area contributed by atoms with Gasteiger partial charge in [0.2, 0.25) is 10.0 Å². The molecule has 4 rings (SSSR count). The average molecular weight is 386 g/mol. The fourth-order valence-electron chi connectivity index (χ4n) is 3.65. The second-order valence-corrected chi connectivity index (χ2v) is 8.45. The number of hydrogen-bond acceptors (Lipinski definition) is 5. The molecule has 1 N–H and O–H groups in total. The van der Waals surface area contributed by atoms with Crippen molar-refractivity contribution in [2.24, 2.45) is 0 Å². The zero-order chi connectivity index (χ0) is 18.9. The van der Waals surface area contributed by atoms with Crippen molar-refractivity contribution >= 4 is 21.2 Å². The molecule has 1 aliphatic rings. The molecule has 27 heavy (non-hydrogen) atoms. The van der Waals surface area contributed by atoms with Crippen molar-refractivity contribution in [1.29, 1.82) is 0 Å². The highest BCUT2D eigenvalue weighted by molar-refractivity contribution is 7.89. The molecule has 0 spiro atoms. The Hall–Kier alpha value is -2.45. The number of methoxy groups -OCH3 is 1. The number of pyridine rings is 1. The van der Waals surface area contributed by atoms with E-state index in [0.717, 1.165) is 24.0 Å². The minimum atomic E-state index is -3.64. The lowest BCUT2D eigenvalue weighted by molar-refractivity contribution is 0.414. The largest absolute Gasteiger partial charge is 0.497 e. The molecule has 0 saturated heterocycles. The van der Waals surface area contributed by atoms with Gasteiger partial charge in [0, 0.05) is 12.2 Å². The topological polar surface area (TPSA) is 86.1 Å². The van der Waals surface area contributed by atoms with E-state index >= 15 is 0 Å². The van der Waals surface area contributed by atoms with E-state index in [9.17, 15) is 8.42 Å². The van der Waals surface area contributed by atoms with Gasteiger partial charge in [0.1, 0.15) is 17.1 Å². The van der Waals surface area contributed by atoms with Crippen LogP contribution in [0.5, 0.6) is 5.75 Å². The van der Waals surface area contributed by atoms with Crippen LogP contribution in [-0.2, 0) is 16.6 Å². The molecule has 7 nitrogen and oxygen atoms in total. The second kappa shape index (κ2) is 7.28. The summed E-state index contributed by atoms with van der Waals surface area (Å²) in [6, 6.07) is 10.4. The van der Waals surface area contributed by atoms with Gasteiger partial charge >= 0.3 is 0 Å². The number of nitrogens with one attached hydrogen (secondary N) is 1. The molecule has 0 bridgehead atoms. The van der Waals surface area contributed by atoms with E-state index in [1.165, 1.54) is 25.0 Å². The van der Waals surface area contributed by atoms with Crippen molar-refractivity contribution in [3.8, 4) is 5.75 Å². The van der Waals surface area contributed by atoms with E-state index in [0.29, 0.717) is 17.6 Å². The van der Waals surface area contributed by atoms with Crippen molar-refractivity contribution in [1.82, 2.24) is 19.3 Å². The highest BCUT2D eigenvalue weighted by Gasteiger charge is 2.24. The van der Waals surface area contributed by atoms with Gasteiger partial charge in [-0.15, -0.1) is 0 Å². The molecule has 0 radical (unpaired) electrons. The van der Waals surface area contributed by atoms with Gasteiger partial charge in [0.25, 0.3) is 0 Å². The molecule has 1 aromatic carbocycles. The normalized spacial score (nSPS) is 15.4. The van der Waals surface area contributed by atoms with Gasteiger partial charge in [0.15, 0.2) is 5.65 Å². The van der Waals surface area contributed by atoms with Gasteiger partial charge < -0.3 is 9.30 Å². The smallest absolute Gasteiger partial charge is 0.240 e. The highest BCUT2D eigenvalue weighted by Crippen LogP contribution is 2.33. The lowest BCUT2D eigenvalue weighted by Crippen LogP contribution is -2.25. The van der Waals surface area contributed by atoms with Crippen molar-refractivity contribution in [3.63, 3.8) is 0 Å². The molecule has 0 unspecified atom stereocenters. The van der Waals surface area contributed by atoms with Crippen LogP contribution < -0.4 is 9.46 Å². The Balaban J connectivity index is 1.62. The van der Waals surface area contributed by atoms with E-state index in [4.69, 9.17) is 4.74 Å². The van der Waals surface area contributed by atoms with Gasteiger partial charge in [-0.05, 0) is 49.2 Å². The summed E-state index contributed by atoms with van der Waals surface area (Å²) in [6.45, 7) is 0.126. The predicted octanol–water partition coefficient (Wildman–Crippen LogP) is 3.03. The molecule has 0 amide bonds. The van der Waals surface area contributed by atoms with Crippen molar-refractivity contribution in [2.75, 3.05) is 7.11 Å². The monoisotopic (exact) mass is 386 g/mol. The number of imidazole rings is 1. The minimum Gasteiger partial charge on any atom is -0.497 e. The summed E-state index contributed by atoms with van der Waals surface area (Å²) < 4.78 is 35.2. The zero-order valence-electron chi connectivity index (χ0n) is 15.1. The first kappa shape index (κ1) is 17.9. The number of hydrogen-bond donors (Lipinski definition) is 1. The van der Waals surface area contributed by atoms with Gasteiger partial charge in [-0.25, -0.2) is 23.1 Å². The summed E-state index contributed by atoms with van der Waals surface area (Å²) in [5.41, 5.74) is 1.62. The maximum Gasteiger partial charge on any atom is 0.240 e. The maximum absolute atomic E-state index is 12.6. The molecule has 2 heterocycles. The molecule has 1 aliphatic carbocycles. The molecular formula is C19H22N4O3S. The highest BCUT2D eigenvalue weighted by atomic mass is 32.2. The van der Waals surface area contributed by atoms with Gasteiger partial charge in [-0.3, -0.25) is 0 Å². The summed E-state index contributed by atoms with van der Waals surface area (Å²) in [4.78, 5) is 9.31. The van der Waals surface area contributed by atoms with Crippen LogP contribution in [0.2, 0.25) is 0 Å². The Morgan fingerprint density at radius 3 is 2.63 bits per heavy atom. The van der Waals surface area contributed by atoms with Crippen LogP contribution >= 0.6 is 0 Å². The summed E-state index contributed by atoms with van der Waals surface area (Å²) in [7, 11) is -2.10. The molecule has 142 valence electrons. The lowest BCUT2D eigenvalue weighted by Gasteiger charge is -2.16. The first-order chi connectivity index (χ1) is 13.1. The number of nitrogens with zero attached hydrogens (tertiary/aromatic N) is 3.